The minimum atomic E-state index is -2.16. The topological polar surface area (TPSA) is 54.4 Å². The van der Waals surface area contributed by atoms with Gasteiger partial charge in [0.1, 0.15) is 0 Å². The van der Waals surface area contributed by atoms with Crippen molar-refractivity contribution >= 4 is 13.1 Å². The first-order chi connectivity index (χ1) is 4.33. The van der Waals surface area contributed by atoms with Crippen molar-refractivity contribution in [2.24, 2.45) is 5.92 Å². The molecule has 0 fully saturated rings. The number of carboxylic acid groups (broad SMARTS) is 1. The highest BCUT2D eigenvalue weighted by Crippen LogP contribution is 2.37. The Hall–Kier alpha value is -0.300. The Morgan fingerprint density at radius 3 is 2.10 bits per heavy atom. The van der Waals surface area contributed by atoms with E-state index in [2.05, 4.69) is 0 Å². The standard InChI is InChI=1S/C6H13O3P/c1-5(6(7)8)4-10(2,3)9/h5H,4H2,1-3H3,(H,7,8). The van der Waals surface area contributed by atoms with Crippen molar-refractivity contribution in [3.05, 3.63) is 0 Å². The fourth-order valence-corrected chi connectivity index (χ4v) is 2.21. The lowest BCUT2D eigenvalue weighted by Crippen LogP contribution is -2.13. The van der Waals surface area contributed by atoms with Crippen LogP contribution in [0.1, 0.15) is 6.92 Å². The second-order valence-corrected chi connectivity index (χ2v) is 6.51. The van der Waals surface area contributed by atoms with E-state index in [1.54, 1.807) is 20.3 Å². The van der Waals surface area contributed by atoms with Gasteiger partial charge in [-0.05, 0) is 13.3 Å². The minimum Gasteiger partial charge on any atom is -0.481 e. The summed E-state index contributed by atoms with van der Waals surface area (Å²) in [6.07, 6.45) is 0.294. The van der Waals surface area contributed by atoms with Gasteiger partial charge in [0.2, 0.25) is 0 Å². The van der Waals surface area contributed by atoms with Crippen LogP contribution in [0.2, 0.25) is 0 Å². The summed E-state index contributed by atoms with van der Waals surface area (Å²) in [6.45, 7) is 4.78. The first-order valence-electron chi connectivity index (χ1n) is 3.10. The zero-order valence-corrected chi connectivity index (χ0v) is 7.39. The van der Waals surface area contributed by atoms with Crippen LogP contribution in [0.15, 0.2) is 0 Å². The van der Waals surface area contributed by atoms with E-state index in [4.69, 9.17) is 5.11 Å². The molecule has 4 heteroatoms. The summed E-state index contributed by atoms with van der Waals surface area (Å²) in [5, 5.41) is 8.42. The molecule has 1 atom stereocenters. The predicted octanol–water partition coefficient (Wildman–Crippen LogP) is 1.33. The number of hydrogen-bond donors (Lipinski definition) is 1. The van der Waals surface area contributed by atoms with E-state index in [0.29, 0.717) is 6.16 Å². The third kappa shape index (κ3) is 4.57. The Kier molecular flexibility index (Phi) is 3.10. The number of carbonyl (C=O) groups is 1. The van der Waals surface area contributed by atoms with Crippen LogP contribution in [0, 0.1) is 5.92 Å². The van der Waals surface area contributed by atoms with Crippen LogP contribution in [0.25, 0.3) is 0 Å². The minimum absolute atomic E-state index is 0.294. The van der Waals surface area contributed by atoms with Gasteiger partial charge in [-0.1, -0.05) is 6.92 Å². The van der Waals surface area contributed by atoms with E-state index in [9.17, 15) is 9.36 Å². The molecule has 0 bridgehead atoms. The summed E-state index contributed by atoms with van der Waals surface area (Å²) in [5.41, 5.74) is 0. The van der Waals surface area contributed by atoms with Gasteiger partial charge in [0.15, 0.2) is 0 Å². The SMILES string of the molecule is CC(CP(C)(C)=O)C(=O)O. The molecule has 0 aromatic carbocycles. The molecule has 0 heterocycles. The van der Waals surface area contributed by atoms with Crippen LogP contribution in [0.4, 0.5) is 0 Å². The summed E-state index contributed by atoms with van der Waals surface area (Å²) in [5.74, 6) is -1.36. The number of carboxylic acids is 1. The lowest BCUT2D eigenvalue weighted by Gasteiger charge is -2.08. The molecule has 0 saturated carbocycles. The maximum absolute atomic E-state index is 11.1. The quantitative estimate of drug-likeness (QED) is 0.640. The monoisotopic (exact) mass is 164 g/mol. The maximum atomic E-state index is 11.1. The second-order valence-electron chi connectivity index (χ2n) is 3.00. The van der Waals surface area contributed by atoms with Crippen molar-refractivity contribution in [3.63, 3.8) is 0 Å². The van der Waals surface area contributed by atoms with Gasteiger partial charge in [-0.15, -0.1) is 0 Å². The average molecular weight is 164 g/mol. The van der Waals surface area contributed by atoms with Crippen LogP contribution in [0.3, 0.4) is 0 Å². The van der Waals surface area contributed by atoms with Crippen molar-refractivity contribution in [1.29, 1.82) is 0 Å². The molecule has 0 aliphatic heterocycles. The number of rotatable bonds is 3. The average Bonchev–Trinajstić information content (AvgIpc) is 1.60. The van der Waals surface area contributed by atoms with E-state index < -0.39 is 19.0 Å². The third-order valence-corrected chi connectivity index (χ3v) is 2.56. The lowest BCUT2D eigenvalue weighted by molar-refractivity contribution is -0.140. The molecule has 1 unspecified atom stereocenters. The smallest absolute Gasteiger partial charge is 0.306 e. The Morgan fingerprint density at radius 2 is 2.00 bits per heavy atom. The van der Waals surface area contributed by atoms with Gasteiger partial charge in [-0.2, -0.15) is 0 Å². The Bertz CT molecular complexity index is 170. The zero-order chi connectivity index (χ0) is 8.36. The molecule has 0 aliphatic carbocycles. The third-order valence-electron chi connectivity index (χ3n) is 1.14. The first kappa shape index (κ1) is 9.70. The van der Waals surface area contributed by atoms with Crippen molar-refractivity contribution in [2.75, 3.05) is 19.5 Å². The summed E-state index contributed by atoms with van der Waals surface area (Å²) >= 11 is 0. The zero-order valence-electron chi connectivity index (χ0n) is 6.50. The normalized spacial score (nSPS) is 14.7. The van der Waals surface area contributed by atoms with Gasteiger partial charge >= 0.3 is 5.97 Å². The van der Waals surface area contributed by atoms with Crippen LogP contribution >= 0.6 is 7.14 Å². The number of aliphatic carboxylic acids is 1. The molecule has 0 amide bonds. The molecule has 0 aromatic rings. The number of hydrogen-bond acceptors (Lipinski definition) is 2. The fraction of sp³-hybridized carbons (Fsp3) is 0.833. The summed E-state index contributed by atoms with van der Waals surface area (Å²) in [7, 11) is -2.16. The molecule has 10 heavy (non-hydrogen) atoms. The molecular weight excluding hydrogens is 151 g/mol. The molecule has 1 N–H and O–H groups in total. The molecule has 0 spiro atoms. The fourth-order valence-electron chi connectivity index (χ4n) is 0.738. The second kappa shape index (κ2) is 3.20. The van der Waals surface area contributed by atoms with Crippen molar-refractivity contribution in [2.45, 2.75) is 6.92 Å². The van der Waals surface area contributed by atoms with Crippen molar-refractivity contribution in [3.8, 4) is 0 Å². The highest BCUT2D eigenvalue weighted by Gasteiger charge is 2.18. The first-order valence-corrected chi connectivity index (χ1v) is 5.88. The summed E-state index contributed by atoms with van der Waals surface area (Å²) in [6, 6.07) is 0. The molecular formula is C6H13O3P. The maximum Gasteiger partial charge on any atom is 0.306 e. The molecule has 0 radical (unpaired) electrons. The van der Waals surface area contributed by atoms with Crippen molar-refractivity contribution < 1.29 is 14.5 Å². The molecule has 3 nitrogen and oxygen atoms in total. The van der Waals surface area contributed by atoms with E-state index in [1.807, 2.05) is 0 Å². The van der Waals surface area contributed by atoms with Crippen LogP contribution in [-0.4, -0.2) is 30.6 Å². The van der Waals surface area contributed by atoms with E-state index in [-0.39, 0.29) is 0 Å². The van der Waals surface area contributed by atoms with Gasteiger partial charge in [0.05, 0.1) is 13.1 Å². The molecule has 0 rings (SSSR count). The highest BCUT2D eigenvalue weighted by atomic mass is 31.2. The van der Waals surface area contributed by atoms with E-state index in [1.165, 1.54) is 0 Å². The Morgan fingerprint density at radius 1 is 1.60 bits per heavy atom. The van der Waals surface area contributed by atoms with Crippen LogP contribution < -0.4 is 0 Å². The van der Waals surface area contributed by atoms with Crippen molar-refractivity contribution in [1.82, 2.24) is 0 Å². The Balaban J connectivity index is 3.93. The highest BCUT2D eigenvalue weighted by molar-refractivity contribution is 7.62. The largest absolute Gasteiger partial charge is 0.481 e. The summed E-state index contributed by atoms with van der Waals surface area (Å²) in [4.78, 5) is 10.3. The van der Waals surface area contributed by atoms with Crippen LogP contribution in [-0.2, 0) is 9.36 Å². The van der Waals surface area contributed by atoms with E-state index in [0.717, 1.165) is 0 Å². The lowest BCUT2D eigenvalue weighted by atomic mass is 10.2. The predicted molar refractivity (Wildman–Crippen MR) is 41.1 cm³/mol. The van der Waals surface area contributed by atoms with Crippen LogP contribution in [0.5, 0.6) is 0 Å². The molecule has 60 valence electrons. The van der Waals surface area contributed by atoms with Gasteiger partial charge in [0.25, 0.3) is 0 Å². The van der Waals surface area contributed by atoms with Gasteiger partial charge in [0, 0.05) is 6.16 Å². The molecule has 0 saturated heterocycles. The molecule has 0 aromatic heterocycles. The van der Waals surface area contributed by atoms with Gasteiger partial charge in [-0.25, -0.2) is 0 Å². The Labute approximate surface area is 60.8 Å². The van der Waals surface area contributed by atoms with E-state index >= 15 is 0 Å². The summed E-state index contributed by atoms with van der Waals surface area (Å²) < 4.78 is 11.1. The van der Waals surface area contributed by atoms with Gasteiger partial charge in [-0.3, -0.25) is 4.79 Å². The molecule has 0 aliphatic rings. The van der Waals surface area contributed by atoms with Gasteiger partial charge < -0.3 is 9.67 Å².